The number of benzene rings is 3. The topological polar surface area (TPSA) is 102 Å². The number of carbonyl (C=O) groups excluding carboxylic acids is 1. The van der Waals surface area contributed by atoms with Gasteiger partial charge in [0.1, 0.15) is 0 Å². The van der Waals surface area contributed by atoms with Crippen molar-refractivity contribution in [1.82, 2.24) is 5.32 Å². The van der Waals surface area contributed by atoms with Crippen LogP contribution in [0.4, 0.5) is 0 Å². The first-order valence-corrected chi connectivity index (χ1v) is 12.5. The van der Waals surface area contributed by atoms with E-state index in [2.05, 4.69) is 10.2 Å². The molecule has 3 aromatic carbocycles. The molecule has 0 aliphatic heterocycles. The van der Waals surface area contributed by atoms with Gasteiger partial charge >= 0.3 is 5.97 Å². The zero-order chi connectivity index (χ0) is 24.7. The molecule has 3 aromatic rings. The highest BCUT2D eigenvalue weighted by Crippen LogP contribution is 2.30. The van der Waals surface area contributed by atoms with Crippen LogP contribution in [-0.4, -0.2) is 32.6 Å². The number of aliphatic hydroxyl groups is 1. The maximum absolute atomic E-state index is 12.9. The molecular formula is C24H23Cl2NO6S. The minimum absolute atomic E-state index is 0.00928. The predicted octanol–water partition coefficient (Wildman–Crippen LogP) is 4.55. The average molecular weight is 524 g/mol. The van der Waals surface area contributed by atoms with Gasteiger partial charge in [-0.2, -0.15) is 0 Å². The SMILES string of the molecule is CC(=O)OOc1ccc(S(=O)(=O)c2ccc(CCNC[C@H](O)c3cccc(Cl)c3)cc2)cc1Cl. The van der Waals surface area contributed by atoms with E-state index >= 15 is 0 Å². The molecule has 2 N–H and O–H groups in total. The summed E-state index contributed by atoms with van der Waals surface area (Å²) in [6, 6.07) is 17.5. The molecular weight excluding hydrogens is 501 g/mol. The van der Waals surface area contributed by atoms with E-state index in [9.17, 15) is 18.3 Å². The Morgan fingerprint density at radius 3 is 2.38 bits per heavy atom. The zero-order valence-electron chi connectivity index (χ0n) is 18.2. The normalized spacial score (nSPS) is 12.2. The first-order chi connectivity index (χ1) is 16.2. The van der Waals surface area contributed by atoms with Crippen LogP contribution in [0.25, 0.3) is 0 Å². The fourth-order valence-corrected chi connectivity index (χ4v) is 4.86. The molecule has 0 aliphatic carbocycles. The van der Waals surface area contributed by atoms with E-state index in [4.69, 9.17) is 28.1 Å². The van der Waals surface area contributed by atoms with Gasteiger partial charge < -0.3 is 10.4 Å². The molecule has 0 aromatic heterocycles. The molecule has 34 heavy (non-hydrogen) atoms. The number of rotatable bonds is 10. The van der Waals surface area contributed by atoms with Crippen LogP contribution in [0.15, 0.2) is 76.5 Å². The van der Waals surface area contributed by atoms with Crippen molar-refractivity contribution in [3.8, 4) is 5.75 Å². The minimum Gasteiger partial charge on any atom is -0.387 e. The molecule has 0 spiro atoms. The van der Waals surface area contributed by atoms with Gasteiger partial charge in [0, 0.05) is 18.5 Å². The quantitative estimate of drug-likeness (QED) is 0.228. The van der Waals surface area contributed by atoms with Crippen LogP contribution in [0.3, 0.4) is 0 Å². The molecule has 7 nitrogen and oxygen atoms in total. The Bertz CT molecular complexity index is 1250. The molecule has 0 bridgehead atoms. The lowest BCUT2D eigenvalue weighted by Crippen LogP contribution is -2.23. The molecule has 0 fully saturated rings. The summed E-state index contributed by atoms with van der Waals surface area (Å²) in [5, 5.41) is 14.0. The van der Waals surface area contributed by atoms with Crippen molar-refractivity contribution in [3.05, 3.63) is 87.9 Å². The fourth-order valence-electron chi connectivity index (χ4n) is 3.09. The number of nitrogens with one attached hydrogen (secondary N) is 1. The summed E-state index contributed by atoms with van der Waals surface area (Å²) < 4.78 is 25.9. The van der Waals surface area contributed by atoms with Gasteiger partial charge in [-0.15, -0.1) is 0 Å². The van der Waals surface area contributed by atoms with Gasteiger partial charge in [0.05, 0.1) is 20.9 Å². The first kappa shape index (κ1) is 26.0. The van der Waals surface area contributed by atoms with Crippen molar-refractivity contribution in [3.63, 3.8) is 0 Å². The van der Waals surface area contributed by atoms with Crippen LogP contribution in [0.1, 0.15) is 24.2 Å². The number of carbonyl (C=O) groups is 1. The summed E-state index contributed by atoms with van der Waals surface area (Å²) in [7, 11) is -3.80. The smallest absolute Gasteiger partial charge is 0.352 e. The van der Waals surface area contributed by atoms with Crippen LogP contribution in [-0.2, 0) is 25.9 Å². The molecule has 0 heterocycles. The molecule has 0 unspecified atom stereocenters. The zero-order valence-corrected chi connectivity index (χ0v) is 20.5. The third-order valence-electron chi connectivity index (χ3n) is 4.86. The number of sulfone groups is 1. The number of hydrogen-bond acceptors (Lipinski definition) is 7. The second kappa shape index (κ2) is 11.7. The van der Waals surface area contributed by atoms with E-state index in [-0.39, 0.29) is 20.6 Å². The summed E-state index contributed by atoms with van der Waals surface area (Å²) in [5.41, 5.74) is 1.67. The largest absolute Gasteiger partial charge is 0.387 e. The van der Waals surface area contributed by atoms with E-state index in [0.29, 0.717) is 24.5 Å². The molecule has 3 rings (SSSR count). The van der Waals surface area contributed by atoms with E-state index < -0.39 is 21.9 Å². The van der Waals surface area contributed by atoms with Crippen LogP contribution in [0.5, 0.6) is 5.75 Å². The highest BCUT2D eigenvalue weighted by Gasteiger charge is 2.20. The van der Waals surface area contributed by atoms with Crippen molar-refractivity contribution in [2.75, 3.05) is 13.1 Å². The summed E-state index contributed by atoms with van der Waals surface area (Å²) in [6.45, 7) is 2.13. The molecule has 0 saturated heterocycles. The third kappa shape index (κ3) is 6.94. The molecule has 180 valence electrons. The maximum atomic E-state index is 12.9. The second-order valence-corrected chi connectivity index (χ2v) is 10.2. The van der Waals surface area contributed by atoms with Gasteiger partial charge in [0.25, 0.3) is 0 Å². The number of hydrogen-bond donors (Lipinski definition) is 2. The van der Waals surface area contributed by atoms with Gasteiger partial charge in [-0.25, -0.2) is 13.2 Å². The van der Waals surface area contributed by atoms with Gasteiger partial charge in [-0.05, 0) is 66.6 Å². The Labute approximate surface area is 208 Å². The molecule has 0 amide bonds. The second-order valence-electron chi connectivity index (χ2n) is 7.42. The van der Waals surface area contributed by atoms with Crippen LogP contribution >= 0.6 is 23.2 Å². The lowest BCUT2D eigenvalue weighted by Gasteiger charge is -2.13. The Morgan fingerprint density at radius 2 is 1.74 bits per heavy atom. The van der Waals surface area contributed by atoms with Crippen molar-refractivity contribution in [1.29, 1.82) is 0 Å². The molecule has 0 radical (unpaired) electrons. The Balaban J connectivity index is 1.57. The summed E-state index contributed by atoms with van der Waals surface area (Å²) >= 11 is 12.0. The Morgan fingerprint density at radius 1 is 1.03 bits per heavy atom. The van der Waals surface area contributed by atoms with Crippen LogP contribution in [0, 0.1) is 0 Å². The molecule has 0 aliphatic rings. The number of halogens is 2. The first-order valence-electron chi connectivity index (χ1n) is 10.3. The highest BCUT2D eigenvalue weighted by molar-refractivity contribution is 7.91. The predicted molar refractivity (Wildman–Crippen MR) is 129 cm³/mol. The van der Waals surface area contributed by atoms with Crippen LogP contribution in [0.2, 0.25) is 10.0 Å². The van der Waals surface area contributed by atoms with E-state index in [0.717, 1.165) is 18.1 Å². The summed E-state index contributed by atoms with van der Waals surface area (Å²) in [5.74, 6) is -0.639. The average Bonchev–Trinajstić information content (AvgIpc) is 2.81. The molecule has 10 heteroatoms. The number of aliphatic hydroxyl groups excluding tert-OH is 1. The minimum atomic E-state index is -3.80. The van der Waals surface area contributed by atoms with Gasteiger partial charge in [0.15, 0.2) is 5.75 Å². The van der Waals surface area contributed by atoms with Crippen molar-refractivity contribution >= 4 is 39.0 Å². The monoisotopic (exact) mass is 523 g/mol. The van der Waals surface area contributed by atoms with Gasteiger partial charge in [-0.3, -0.25) is 9.78 Å². The summed E-state index contributed by atoms with van der Waals surface area (Å²) in [6.07, 6.45) is -0.0276. The molecule has 1 atom stereocenters. The van der Waals surface area contributed by atoms with E-state index in [1.54, 1.807) is 30.3 Å². The van der Waals surface area contributed by atoms with Crippen molar-refractivity contribution in [2.45, 2.75) is 29.2 Å². The van der Waals surface area contributed by atoms with Crippen molar-refractivity contribution in [2.24, 2.45) is 0 Å². The fraction of sp³-hybridized carbons (Fsp3) is 0.208. The third-order valence-corrected chi connectivity index (χ3v) is 7.16. The van der Waals surface area contributed by atoms with E-state index in [1.165, 1.54) is 30.3 Å². The lowest BCUT2D eigenvalue weighted by molar-refractivity contribution is -0.210. The van der Waals surface area contributed by atoms with Gasteiger partial charge in [-0.1, -0.05) is 47.5 Å². The lowest BCUT2D eigenvalue weighted by atomic mass is 10.1. The standard InChI is InChI=1S/C24H23Cl2NO6S/c1-16(28)32-33-24-10-9-21(14-22(24)26)34(30,31)20-7-5-17(6-8-20)11-12-27-15-23(29)18-3-2-4-19(25)13-18/h2-10,13-14,23,27,29H,11-12,15H2,1H3/t23-/m0/s1. The maximum Gasteiger partial charge on any atom is 0.352 e. The van der Waals surface area contributed by atoms with Crippen LogP contribution < -0.4 is 10.2 Å². The Hall–Kier alpha value is -2.62. The molecule has 0 saturated carbocycles. The summed E-state index contributed by atoms with van der Waals surface area (Å²) in [4.78, 5) is 20.1. The van der Waals surface area contributed by atoms with Crippen molar-refractivity contribution < 1.29 is 28.1 Å². The van der Waals surface area contributed by atoms with Gasteiger partial charge in [0.2, 0.25) is 9.84 Å². The highest BCUT2D eigenvalue weighted by atomic mass is 35.5. The van der Waals surface area contributed by atoms with E-state index in [1.807, 2.05) is 6.07 Å². The Kier molecular flexibility index (Phi) is 8.93.